The third-order valence-electron chi connectivity index (χ3n) is 3.22. The van der Waals surface area contributed by atoms with Crippen molar-refractivity contribution in [1.82, 2.24) is 10.2 Å². The molecule has 0 atom stereocenters. The van der Waals surface area contributed by atoms with E-state index in [4.69, 9.17) is 4.74 Å². The Morgan fingerprint density at radius 2 is 2.10 bits per heavy atom. The molecule has 1 aliphatic heterocycles. The van der Waals surface area contributed by atoms with Crippen molar-refractivity contribution in [2.45, 2.75) is 12.6 Å². The fraction of sp³-hybridized carbons (Fsp3) is 0.500. The lowest BCUT2D eigenvalue weighted by Crippen LogP contribution is -2.37. The summed E-state index contributed by atoms with van der Waals surface area (Å²) < 4.78 is 42.9. The van der Waals surface area contributed by atoms with Crippen molar-refractivity contribution >= 4 is 5.91 Å². The van der Waals surface area contributed by atoms with Gasteiger partial charge in [-0.3, -0.25) is 4.79 Å². The molecule has 0 radical (unpaired) electrons. The van der Waals surface area contributed by atoms with Gasteiger partial charge in [-0.25, -0.2) is 0 Å². The lowest BCUT2D eigenvalue weighted by molar-refractivity contribution is -0.137. The summed E-state index contributed by atoms with van der Waals surface area (Å²) in [6, 6.07) is 4.54. The minimum absolute atomic E-state index is 0.0473. The largest absolute Gasteiger partial charge is 0.484 e. The summed E-state index contributed by atoms with van der Waals surface area (Å²) in [5.41, 5.74) is -0.786. The van der Waals surface area contributed by atoms with Crippen molar-refractivity contribution in [3.8, 4) is 5.75 Å². The van der Waals surface area contributed by atoms with E-state index in [0.717, 1.165) is 31.6 Å². The van der Waals surface area contributed by atoms with E-state index >= 15 is 0 Å². The first-order valence-corrected chi connectivity index (χ1v) is 6.75. The Hall–Kier alpha value is -1.76. The van der Waals surface area contributed by atoms with Crippen LogP contribution in [0.4, 0.5) is 13.2 Å². The average molecular weight is 302 g/mol. The van der Waals surface area contributed by atoms with E-state index in [1.165, 1.54) is 12.1 Å². The van der Waals surface area contributed by atoms with E-state index in [1.807, 2.05) is 0 Å². The Morgan fingerprint density at radius 1 is 1.29 bits per heavy atom. The molecule has 1 saturated heterocycles. The number of nitrogens with one attached hydrogen (secondary N) is 1. The van der Waals surface area contributed by atoms with Crippen LogP contribution in [-0.4, -0.2) is 43.6 Å². The van der Waals surface area contributed by atoms with Crippen LogP contribution in [0.3, 0.4) is 0 Å². The number of rotatable bonds is 3. The smallest absolute Gasteiger partial charge is 0.416 e. The van der Waals surface area contributed by atoms with Crippen LogP contribution in [0.1, 0.15) is 12.0 Å². The van der Waals surface area contributed by atoms with Gasteiger partial charge in [0.25, 0.3) is 5.91 Å². The molecule has 0 unspecified atom stereocenters. The molecule has 1 heterocycles. The number of alkyl halides is 3. The first-order valence-electron chi connectivity index (χ1n) is 6.75. The molecule has 1 aliphatic rings. The molecule has 7 heteroatoms. The van der Waals surface area contributed by atoms with Gasteiger partial charge in [0.05, 0.1) is 5.56 Å². The van der Waals surface area contributed by atoms with Gasteiger partial charge in [-0.05, 0) is 31.2 Å². The number of carbonyl (C=O) groups excluding carboxylic acids is 1. The van der Waals surface area contributed by atoms with Crippen molar-refractivity contribution in [2.75, 3.05) is 32.8 Å². The van der Waals surface area contributed by atoms with E-state index in [-0.39, 0.29) is 18.3 Å². The Morgan fingerprint density at radius 3 is 2.86 bits per heavy atom. The second-order valence-electron chi connectivity index (χ2n) is 4.80. The minimum Gasteiger partial charge on any atom is -0.484 e. The molecule has 1 N–H and O–H groups in total. The number of benzene rings is 1. The van der Waals surface area contributed by atoms with Gasteiger partial charge in [0.2, 0.25) is 0 Å². The van der Waals surface area contributed by atoms with Gasteiger partial charge in [-0.2, -0.15) is 13.2 Å². The summed E-state index contributed by atoms with van der Waals surface area (Å²) in [5, 5.41) is 3.17. The standard InChI is InChI=1S/C14H17F3N2O2/c15-14(16,17)11-3-1-4-12(9-11)21-10-13(20)19-7-2-5-18-6-8-19/h1,3-4,9,18H,2,5-8,10H2. The fourth-order valence-corrected chi connectivity index (χ4v) is 2.09. The predicted octanol–water partition coefficient (Wildman–Crippen LogP) is 1.91. The van der Waals surface area contributed by atoms with Crippen LogP contribution >= 0.6 is 0 Å². The second kappa shape index (κ2) is 6.80. The van der Waals surface area contributed by atoms with E-state index in [1.54, 1.807) is 4.90 Å². The van der Waals surface area contributed by atoms with Crippen LogP contribution in [0, 0.1) is 0 Å². The summed E-state index contributed by atoms with van der Waals surface area (Å²) in [7, 11) is 0. The third-order valence-corrected chi connectivity index (χ3v) is 3.22. The molecule has 0 spiro atoms. The number of hydrogen-bond acceptors (Lipinski definition) is 3. The van der Waals surface area contributed by atoms with Crippen LogP contribution in [0.25, 0.3) is 0 Å². The van der Waals surface area contributed by atoms with E-state index < -0.39 is 11.7 Å². The predicted molar refractivity (Wildman–Crippen MR) is 71.0 cm³/mol. The number of amides is 1. The molecule has 0 bridgehead atoms. The summed E-state index contributed by atoms with van der Waals surface area (Å²) in [6.07, 6.45) is -3.56. The Bertz CT molecular complexity index is 483. The van der Waals surface area contributed by atoms with Gasteiger partial charge in [-0.1, -0.05) is 6.07 Å². The average Bonchev–Trinajstić information content (AvgIpc) is 2.73. The minimum atomic E-state index is -4.42. The van der Waals surface area contributed by atoms with Crippen LogP contribution < -0.4 is 10.1 Å². The highest BCUT2D eigenvalue weighted by Gasteiger charge is 2.30. The molecule has 4 nitrogen and oxygen atoms in total. The van der Waals surface area contributed by atoms with Gasteiger partial charge in [0.15, 0.2) is 6.61 Å². The van der Waals surface area contributed by atoms with Crippen molar-refractivity contribution in [3.63, 3.8) is 0 Å². The normalized spacial score (nSPS) is 16.4. The van der Waals surface area contributed by atoms with Gasteiger partial charge >= 0.3 is 6.18 Å². The molecule has 21 heavy (non-hydrogen) atoms. The number of hydrogen-bond donors (Lipinski definition) is 1. The zero-order valence-corrected chi connectivity index (χ0v) is 11.4. The number of carbonyl (C=O) groups is 1. The quantitative estimate of drug-likeness (QED) is 0.927. The maximum Gasteiger partial charge on any atom is 0.416 e. The highest BCUT2D eigenvalue weighted by Crippen LogP contribution is 2.31. The van der Waals surface area contributed by atoms with Crippen LogP contribution in [0.15, 0.2) is 24.3 Å². The summed E-state index contributed by atoms with van der Waals surface area (Å²) >= 11 is 0. The van der Waals surface area contributed by atoms with Crippen molar-refractivity contribution in [3.05, 3.63) is 29.8 Å². The van der Waals surface area contributed by atoms with E-state index in [9.17, 15) is 18.0 Å². The fourth-order valence-electron chi connectivity index (χ4n) is 2.09. The third kappa shape index (κ3) is 4.63. The highest BCUT2D eigenvalue weighted by atomic mass is 19.4. The van der Waals surface area contributed by atoms with Crippen LogP contribution in [0.5, 0.6) is 5.75 Å². The van der Waals surface area contributed by atoms with E-state index in [0.29, 0.717) is 13.1 Å². The summed E-state index contributed by atoms with van der Waals surface area (Å²) in [5.74, 6) is -0.165. The molecular formula is C14H17F3N2O2. The number of nitrogens with zero attached hydrogens (tertiary/aromatic N) is 1. The first kappa shape index (κ1) is 15.6. The Balaban J connectivity index is 1.91. The molecule has 0 saturated carbocycles. The second-order valence-corrected chi connectivity index (χ2v) is 4.80. The summed E-state index contributed by atoms with van der Waals surface area (Å²) in [6.45, 7) is 2.55. The maximum absolute atomic E-state index is 12.6. The number of halogens is 3. The lowest BCUT2D eigenvalue weighted by Gasteiger charge is -2.20. The van der Waals surface area contributed by atoms with Gasteiger partial charge in [0, 0.05) is 19.6 Å². The maximum atomic E-state index is 12.6. The molecule has 116 valence electrons. The first-order chi connectivity index (χ1) is 9.97. The van der Waals surface area contributed by atoms with Crippen LogP contribution in [0.2, 0.25) is 0 Å². The molecule has 0 aromatic heterocycles. The molecular weight excluding hydrogens is 285 g/mol. The van der Waals surface area contributed by atoms with Gasteiger partial charge in [-0.15, -0.1) is 0 Å². The molecule has 1 fully saturated rings. The zero-order valence-electron chi connectivity index (χ0n) is 11.4. The Labute approximate surface area is 120 Å². The number of ether oxygens (including phenoxy) is 1. The molecule has 1 amide bonds. The topological polar surface area (TPSA) is 41.6 Å². The SMILES string of the molecule is O=C(COc1cccc(C(F)(F)F)c1)N1CCCNCC1. The van der Waals surface area contributed by atoms with Crippen molar-refractivity contribution < 1.29 is 22.7 Å². The lowest BCUT2D eigenvalue weighted by atomic mass is 10.2. The molecule has 1 aromatic carbocycles. The summed E-state index contributed by atoms with van der Waals surface area (Å²) in [4.78, 5) is 13.6. The van der Waals surface area contributed by atoms with Gasteiger partial charge < -0.3 is 15.0 Å². The van der Waals surface area contributed by atoms with E-state index in [2.05, 4.69) is 5.32 Å². The highest BCUT2D eigenvalue weighted by molar-refractivity contribution is 5.77. The molecule has 0 aliphatic carbocycles. The van der Waals surface area contributed by atoms with Gasteiger partial charge in [0.1, 0.15) is 5.75 Å². The molecule has 2 rings (SSSR count). The zero-order chi connectivity index (χ0) is 15.3. The molecule has 1 aromatic rings. The monoisotopic (exact) mass is 302 g/mol. The van der Waals surface area contributed by atoms with Crippen molar-refractivity contribution in [1.29, 1.82) is 0 Å². The van der Waals surface area contributed by atoms with Crippen LogP contribution in [-0.2, 0) is 11.0 Å². The van der Waals surface area contributed by atoms with Crippen molar-refractivity contribution in [2.24, 2.45) is 0 Å². The Kier molecular flexibility index (Phi) is 5.06.